The van der Waals surface area contributed by atoms with Crippen LogP contribution in [0.3, 0.4) is 0 Å². The number of hydrogen-bond donors (Lipinski definition) is 1. The molecule has 15 heavy (non-hydrogen) atoms. The highest BCUT2D eigenvalue weighted by molar-refractivity contribution is 5.66. The predicted octanol–water partition coefficient (Wildman–Crippen LogP) is 1.10. The van der Waals surface area contributed by atoms with Gasteiger partial charge in [0.05, 0.1) is 0 Å². The predicted molar refractivity (Wildman–Crippen MR) is 57.0 cm³/mol. The van der Waals surface area contributed by atoms with Crippen molar-refractivity contribution >= 4 is 5.97 Å². The van der Waals surface area contributed by atoms with E-state index in [9.17, 15) is 9.59 Å². The summed E-state index contributed by atoms with van der Waals surface area (Å²) in [7, 11) is 1.70. The molecular formula is C11H15NO3. The van der Waals surface area contributed by atoms with E-state index in [1.54, 1.807) is 13.2 Å². The van der Waals surface area contributed by atoms with Crippen LogP contribution >= 0.6 is 0 Å². The maximum absolute atomic E-state index is 11.6. The first kappa shape index (κ1) is 11.5. The first-order valence-electron chi connectivity index (χ1n) is 4.88. The van der Waals surface area contributed by atoms with Gasteiger partial charge >= 0.3 is 5.97 Å². The lowest BCUT2D eigenvalue weighted by atomic mass is 10.1. The molecule has 0 aliphatic rings. The summed E-state index contributed by atoms with van der Waals surface area (Å²) >= 11 is 0. The molecule has 0 atom stereocenters. The second-order valence-corrected chi connectivity index (χ2v) is 3.71. The van der Waals surface area contributed by atoms with Crippen molar-refractivity contribution in [2.45, 2.75) is 26.2 Å². The highest BCUT2D eigenvalue weighted by atomic mass is 16.4. The molecule has 0 aliphatic heterocycles. The van der Waals surface area contributed by atoms with Crippen molar-refractivity contribution in [2.75, 3.05) is 0 Å². The third kappa shape index (κ3) is 3.23. The summed E-state index contributed by atoms with van der Waals surface area (Å²) in [6, 6.07) is 1.82. The Kier molecular flexibility index (Phi) is 3.66. The standard InChI is InChI=1S/C11H15NO3/c1-8-6-9(4-3-5-10(13)14)11(15)12(2)7-8/h6-7H,3-5H2,1-2H3,(H,13,14). The lowest BCUT2D eigenvalue weighted by Gasteiger charge is -2.04. The Morgan fingerprint density at radius 2 is 2.20 bits per heavy atom. The maximum atomic E-state index is 11.6. The molecule has 0 unspecified atom stereocenters. The van der Waals surface area contributed by atoms with Crippen molar-refractivity contribution in [3.8, 4) is 0 Å². The van der Waals surface area contributed by atoms with Crippen molar-refractivity contribution in [3.05, 3.63) is 33.7 Å². The molecular weight excluding hydrogens is 194 g/mol. The van der Waals surface area contributed by atoms with Crippen LogP contribution in [0.2, 0.25) is 0 Å². The van der Waals surface area contributed by atoms with Crippen LogP contribution in [0.4, 0.5) is 0 Å². The number of aliphatic carboxylic acids is 1. The van der Waals surface area contributed by atoms with Gasteiger partial charge < -0.3 is 9.67 Å². The molecule has 4 heteroatoms. The second-order valence-electron chi connectivity index (χ2n) is 3.71. The molecule has 4 nitrogen and oxygen atoms in total. The summed E-state index contributed by atoms with van der Waals surface area (Å²) in [5.74, 6) is -0.820. The van der Waals surface area contributed by atoms with Crippen LogP contribution in [0.5, 0.6) is 0 Å². The second kappa shape index (κ2) is 4.77. The molecule has 1 rings (SSSR count). The highest BCUT2D eigenvalue weighted by Gasteiger charge is 2.04. The van der Waals surface area contributed by atoms with Crippen LogP contribution in [0.25, 0.3) is 0 Å². The van der Waals surface area contributed by atoms with Gasteiger partial charge in [-0.05, 0) is 31.4 Å². The molecule has 1 aromatic heterocycles. The Morgan fingerprint density at radius 3 is 2.80 bits per heavy atom. The fraction of sp³-hybridized carbons (Fsp3) is 0.455. The molecule has 0 saturated heterocycles. The Bertz CT molecular complexity index is 420. The van der Waals surface area contributed by atoms with Gasteiger partial charge in [-0.25, -0.2) is 0 Å². The zero-order chi connectivity index (χ0) is 11.4. The van der Waals surface area contributed by atoms with Crippen LogP contribution in [0.1, 0.15) is 24.0 Å². The number of carboxylic acids is 1. The molecule has 0 radical (unpaired) electrons. The maximum Gasteiger partial charge on any atom is 0.303 e. The summed E-state index contributed by atoms with van der Waals surface area (Å²) in [6.07, 6.45) is 2.91. The zero-order valence-electron chi connectivity index (χ0n) is 8.99. The van der Waals surface area contributed by atoms with Crippen LogP contribution in [0, 0.1) is 6.92 Å². The van der Waals surface area contributed by atoms with Gasteiger partial charge in [-0.2, -0.15) is 0 Å². The first-order chi connectivity index (χ1) is 7.00. The summed E-state index contributed by atoms with van der Waals surface area (Å²) in [4.78, 5) is 21.9. The average Bonchev–Trinajstić information content (AvgIpc) is 2.12. The molecule has 0 fully saturated rings. The van der Waals surface area contributed by atoms with Crippen LogP contribution in [-0.4, -0.2) is 15.6 Å². The van der Waals surface area contributed by atoms with E-state index < -0.39 is 5.97 Å². The van der Waals surface area contributed by atoms with E-state index in [1.165, 1.54) is 4.57 Å². The van der Waals surface area contributed by atoms with Gasteiger partial charge in [-0.3, -0.25) is 9.59 Å². The van der Waals surface area contributed by atoms with Crippen molar-refractivity contribution < 1.29 is 9.90 Å². The van der Waals surface area contributed by atoms with Crippen LogP contribution in [-0.2, 0) is 18.3 Å². The topological polar surface area (TPSA) is 59.3 Å². The molecule has 0 bridgehead atoms. The number of pyridine rings is 1. The van der Waals surface area contributed by atoms with E-state index in [4.69, 9.17) is 5.11 Å². The monoisotopic (exact) mass is 209 g/mol. The fourth-order valence-corrected chi connectivity index (χ4v) is 1.57. The summed E-state index contributed by atoms with van der Waals surface area (Å²) in [5, 5.41) is 8.49. The van der Waals surface area contributed by atoms with Crippen molar-refractivity contribution in [2.24, 2.45) is 7.05 Å². The van der Waals surface area contributed by atoms with Gasteiger partial charge in [0.15, 0.2) is 0 Å². The number of carboxylic acid groups (broad SMARTS) is 1. The normalized spacial score (nSPS) is 10.3. The van der Waals surface area contributed by atoms with Gasteiger partial charge in [0.25, 0.3) is 5.56 Å². The fourth-order valence-electron chi connectivity index (χ4n) is 1.57. The number of hydrogen-bond acceptors (Lipinski definition) is 2. The van der Waals surface area contributed by atoms with Crippen molar-refractivity contribution in [1.29, 1.82) is 0 Å². The van der Waals surface area contributed by atoms with Gasteiger partial charge in [-0.15, -0.1) is 0 Å². The van der Waals surface area contributed by atoms with E-state index in [2.05, 4.69) is 0 Å². The minimum atomic E-state index is -0.820. The van der Waals surface area contributed by atoms with Crippen molar-refractivity contribution in [1.82, 2.24) is 4.57 Å². The van der Waals surface area contributed by atoms with Gasteiger partial charge in [0.1, 0.15) is 0 Å². The lowest BCUT2D eigenvalue weighted by Crippen LogP contribution is -2.21. The molecule has 0 saturated carbocycles. The van der Waals surface area contributed by atoms with Gasteiger partial charge in [-0.1, -0.05) is 0 Å². The van der Waals surface area contributed by atoms with E-state index in [0.29, 0.717) is 18.4 Å². The van der Waals surface area contributed by atoms with Crippen LogP contribution in [0.15, 0.2) is 17.1 Å². The molecule has 0 amide bonds. The quantitative estimate of drug-likeness (QED) is 0.807. The SMILES string of the molecule is Cc1cc(CCCC(=O)O)c(=O)n(C)c1. The lowest BCUT2D eigenvalue weighted by molar-refractivity contribution is -0.137. The molecule has 1 aromatic rings. The Labute approximate surface area is 88.2 Å². The Hall–Kier alpha value is -1.58. The summed E-state index contributed by atoms with van der Waals surface area (Å²) in [6.45, 7) is 1.92. The molecule has 0 spiro atoms. The summed E-state index contributed by atoms with van der Waals surface area (Å²) < 4.78 is 1.53. The third-order valence-electron chi connectivity index (χ3n) is 2.23. The van der Waals surface area contributed by atoms with E-state index >= 15 is 0 Å². The number of carbonyl (C=O) groups is 1. The van der Waals surface area contributed by atoms with E-state index in [1.807, 2.05) is 13.0 Å². The zero-order valence-corrected chi connectivity index (χ0v) is 8.99. The van der Waals surface area contributed by atoms with E-state index in [-0.39, 0.29) is 12.0 Å². The molecule has 1 N–H and O–H groups in total. The number of aromatic nitrogens is 1. The minimum Gasteiger partial charge on any atom is -0.481 e. The average molecular weight is 209 g/mol. The third-order valence-corrected chi connectivity index (χ3v) is 2.23. The van der Waals surface area contributed by atoms with Crippen LogP contribution < -0.4 is 5.56 Å². The number of nitrogens with zero attached hydrogens (tertiary/aromatic N) is 1. The number of rotatable bonds is 4. The molecule has 0 aliphatic carbocycles. The number of aryl methyl sites for hydroxylation is 3. The largest absolute Gasteiger partial charge is 0.481 e. The van der Waals surface area contributed by atoms with Gasteiger partial charge in [0, 0.05) is 25.2 Å². The Morgan fingerprint density at radius 1 is 1.53 bits per heavy atom. The summed E-state index contributed by atoms with van der Waals surface area (Å²) in [5.41, 5.74) is 1.67. The molecule has 1 heterocycles. The molecule has 0 aromatic carbocycles. The van der Waals surface area contributed by atoms with E-state index in [0.717, 1.165) is 5.56 Å². The highest BCUT2D eigenvalue weighted by Crippen LogP contribution is 2.03. The molecule has 82 valence electrons. The Balaban J connectivity index is 2.77. The smallest absolute Gasteiger partial charge is 0.303 e. The minimum absolute atomic E-state index is 0.0361. The van der Waals surface area contributed by atoms with Gasteiger partial charge in [0.2, 0.25) is 0 Å². The van der Waals surface area contributed by atoms with Crippen molar-refractivity contribution in [3.63, 3.8) is 0 Å². The first-order valence-corrected chi connectivity index (χ1v) is 4.88.